The minimum Gasteiger partial charge on any atom is -0.465 e. The van der Waals surface area contributed by atoms with Gasteiger partial charge in [0, 0.05) is 5.39 Å². The molecule has 1 aromatic heterocycles. The zero-order valence-electron chi connectivity index (χ0n) is 12.8. The van der Waals surface area contributed by atoms with E-state index in [1.54, 1.807) is 18.2 Å². The van der Waals surface area contributed by atoms with Gasteiger partial charge in [-0.1, -0.05) is 6.07 Å². The standard InChI is InChI=1S/C15H17IN2O4/c1-15(2,3)22-11(19)8-18-10-7-5-6-9(14(20)21-4)12(10)13(16)17-18/h5-7H,8H2,1-4H3. The molecule has 7 heteroatoms. The van der Waals surface area contributed by atoms with Crippen LogP contribution in [-0.2, 0) is 20.8 Å². The van der Waals surface area contributed by atoms with Crippen LogP contribution in [0.2, 0.25) is 0 Å². The number of methoxy groups -OCH3 is 1. The lowest BCUT2D eigenvalue weighted by Crippen LogP contribution is -2.26. The third kappa shape index (κ3) is 3.57. The molecule has 1 aromatic carbocycles. The molecule has 118 valence electrons. The number of hydrogen-bond donors (Lipinski definition) is 0. The third-order valence-electron chi connectivity index (χ3n) is 2.84. The number of hydrogen-bond acceptors (Lipinski definition) is 5. The van der Waals surface area contributed by atoms with Crippen molar-refractivity contribution in [3.63, 3.8) is 0 Å². The van der Waals surface area contributed by atoms with E-state index in [2.05, 4.69) is 5.10 Å². The Hall–Kier alpha value is -1.64. The van der Waals surface area contributed by atoms with Gasteiger partial charge in [0.2, 0.25) is 0 Å². The maximum atomic E-state index is 12.0. The summed E-state index contributed by atoms with van der Waals surface area (Å²) >= 11 is 2.04. The van der Waals surface area contributed by atoms with Gasteiger partial charge in [-0.15, -0.1) is 0 Å². The van der Waals surface area contributed by atoms with Crippen LogP contribution in [0.25, 0.3) is 10.9 Å². The average molecular weight is 416 g/mol. The molecule has 0 radical (unpaired) electrons. The van der Waals surface area contributed by atoms with Gasteiger partial charge >= 0.3 is 11.9 Å². The van der Waals surface area contributed by atoms with Gasteiger partial charge in [-0.05, 0) is 55.5 Å². The average Bonchev–Trinajstić information content (AvgIpc) is 2.72. The van der Waals surface area contributed by atoms with Gasteiger partial charge in [0.15, 0.2) is 0 Å². The van der Waals surface area contributed by atoms with Crippen LogP contribution in [0, 0.1) is 3.70 Å². The second-order valence-electron chi connectivity index (χ2n) is 5.73. The Morgan fingerprint density at radius 1 is 1.32 bits per heavy atom. The summed E-state index contributed by atoms with van der Waals surface area (Å²) in [6, 6.07) is 5.22. The molecular weight excluding hydrogens is 399 g/mol. The predicted molar refractivity (Wildman–Crippen MR) is 89.6 cm³/mol. The van der Waals surface area contributed by atoms with Crippen molar-refractivity contribution in [2.75, 3.05) is 7.11 Å². The van der Waals surface area contributed by atoms with E-state index in [-0.39, 0.29) is 12.5 Å². The Morgan fingerprint density at radius 2 is 2.00 bits per heavy atom. The first kappa shape index (κ1) is 16.7. The molecule has 0 saturated heterocycles. The second-order valence-corrected chi connectivity index (χ2v) is 6.75. The van der Waals surface area contributed by atoms with Gasteiger partial charge in [0.05, 0.1) is 18.2 Å². The molecule has 0 aliphatic heterocycles. The van der Waals surface area contributed by atoms with Crippen molar-refractivity contribution < 1.29 is 19.1 Å². The van der Waals surface area contributed by atoms with Gasteiger partial charge in [0.1, 0.15) is 15.8 Å². The zero-order chi connectivity index (χ0) is 16.5. The molecule has 0 N–H and O–H groups in total. The number of aromatic nitrogens is 2. The lowest BCUT2D eigenvalue weighted by Gasteiger charge is -2.19. The van der Waals surface area contributed by atoms with Gasteiger partial charge in [0.25, 0.3) is 0 Å². The molecule has 1 heterocycles. The van der Waals surface area contributed by atoms with E-state index in [0.717, 1.165) is 0 Å². The van der Waals surface area contributed by atoms with Crippen LogP contribution in [0.1, 0.15) is 31.1 Å². The van der Waals surface area contributed by atoms with E-state index in [0.29, 0.717) is 20.2 Å². The number of nitrogens with zero attached hydrogens (tertiary/aromatic N) is 2. The molecule has 0 aliphatic rings. The van der Waals surface area contributed by atoms with Crippen molar-refractivity contribution in [1.82, 2.24) is 9.78 Å². The van der Waals surface area contributed by atoms with Crippen LogP contribution in [0.4, 0.5) is 0 Å². The summed E-state index contributed by atoms with van der Waals surface area (Å²) in [5.74, 6) is -0.808. The molecule has 0 fully saturated rings. The Morgan fingerprint density at radius 3 is 2.59 bits per heavy atom. The molecule has 2 rings (SSSR count). The van der Waals surface area contributed by atoms with Gasteiger partial charge in [-0.3, -0.25) is 9.48 Å². The Bertz CT molecular complexity index is 731. The van der Waals surface area contributed by atoms with Crippen molar-refractivity contribution in [3.8, 4) is 0 Å². The van der Waals surface area contributed by atoms with E-state index in [9.17, 15) is 9.59 Å². The first-order valence-corrected chi connectivity index (χ1v) is 7.76. The highest BCUT2D eigenvalue weighted by atomic mass is 127. The number of halogens is 1. The molecule has 6 nitrogen and oxygen atoms in total. The molecule has 0 unspecified atom stereocenters. The van der Waals surface area contributed by atoms with Crippen molar-refractivity contribution in [2.45, 2.75) is 32.9 Å². The fraction of sp³-hybridized carbons (Fsp3) is 0.400. The van der Waals surface area contributed by atoms with E-state index in [1.165, 1.54) is 11.8 Å². The van der Waals surface area contributed by atoms with Gasteiger partial charge in [-0.25, -0.2) is 4.79 Å². The maximum Gasteiger partial charge on any atom is 0.338 e. The Labute approximate surface area is 141 Å². The highest BCUT2D eigenvalue weighted by Crippen LogP contribution is 2.25. The van der Waals surface area contributed by atoms with Crippen molar-refractivity contribution >= 4 is 45.4 Å². The monoisotopic (exact) mass is 416 g/mol. The molecule has 0 amide bonds. The predicted octanol–water partition coefficient (Wildman–Crippen LogP) is 2.77. The highest BCUT2D eigenvalue weighted by molar-refractivity contribution is 14.1. The smallest absolute Gasteiger partial charge is 0.338 e. The Balaban J connectivity index is 2.41. The molecule has 0 saturated carbocycles. The van der Waals surface area contributed by atoms with Gasteiger partial charge < -0.3 is 9.47 Å². The lowest BCUT2D eigenvalue weighted by atomic mass is 10.1. The van der Waals surface area contributed by atoms with Gasteiger partial charge in [-0.2, -0.15) is 5.10 Å². The zero-order valence-corrected chi connectivity index (χ0v) is 15.0. The molecule has 0 bridgehead atoms. The summed E-state index contributed by atoms with van der Waals surface area (Å²) in [5.41, 5.74) is 0.572. The second kappa shape index (κ2) is 6.23. The first-order chi connectivity index (χ1) is 10.2. The minimum atomic E-state index is -0.551. The summed E-state index contributed by atoms with van der Waals surface area (Å²) in [7, 11) is 1.33. The van der Waals surface area contributed by atoms with Crippen LogP contribution in [0.5, 0.6) is 0 Å². The quantitative estimate of drug-likeness (QED) is 0.569. The van der Waals surface area contributed by atoms with E-state index >= 15 is 0 Å². The third-order valence-corrected chi connectivity index (χ3v) is 3.59. The number of carbonyl (C=O) groups is 2. The van der Waals surface area contributed by atoms with E-state index in [4.69, 9.17) is 9.47 Å². The fourth-order valence-corrected chi connectivity index (χ4v) is 2.91. The van der Waals surface area contributed by atoms with E-state index < -0.39 is 11.6 Å². The van der Waals surface area contributed by atoms with Crippen LogP contribution in [-0.4, -0.2) is 34.4 Å². The highest BCUT2D eigenvalue weighted by Gasteiger charge is 2.21. The number of ether oxygens (including phenoxy) is 2. The van der Waals surface area contributed by atoms with Crippen LogP contribution < -0.4 is 0 Å². The van der Waals surface area contributed by atoms with Crippen molar-refractivity contribution in [1.29, 1.82) is 0 Å². The summed E-state index contributed by atoms with van der Waals surface area (Å²) in [6.45, 7) is 5.42. The molecule has 2 aromatic rings. The molecule has 0 spiro atoms. The van der Waals surface area contributed by atoms with Crippen LogP contribution in [0.3, 0.4) is 0 Å². The molecule has 22 heavy (non-hydrogen) atoms. The fourth-order valence-electron chi connectivity index (χ4n) is 2.08. The topological polar surface area (TPSA) is 70.4 Å². The Kier molecular flexibility index (Phi) is 4.74. The van der Waals surface area contributed by atoms with Crippen molar-refractivity contribution in [2.24, 2.45) is 0 Å². The van der Waals surface area contributed by atoms with Crippen LogP contribution >= 0.6 is 22.6 Å². The molecular formula is C15H17IN2O4. The molecule has 0 aliphatic carbocycles. The number of fused-ring (bicyclic) bond motifs is 1. The minimum absolute atomic E-state index is 0.0125. The van der Waals surface area contributed by atoms with Crippen LogP contribution in [0.15, 0.2) is 18.2 Å². The molecule has 0 atom stereocenters. The maximum absolute atomic E-state index is 12.0. The van der Waals surface area contributed by atoms with Crippen molar-refractivity contribution in [3.05, 3.63) is 27.5 Å². The normalized spacial score (nSPS) is 11.5. The summed E-state index contributed by atoms with van der Waals surface area (Å²) in [4.78, 5) is 23.8. The lowest BCUT2D eigenvalue weighted by molar-refractivity contribution is -0.155. The number of rotatable bonds is 3. The number of carbonyl (C=O) groups excluding carboxylic acids is 2. The summed E-state index contributed by atoms with van der Waals surface area (Å²) in [5, 5.41) is 5.01. The SMILES string of the molecule is COC(=O)c1cccc2c1c(I)nn2CC(=O)OC(C)(C)C. The first-order valence-electron chi connectivity index (χ1n) is 6.68. The summed E-state index contributed by atoms with van der Waals surface area (Å²) < 4.78 is 12.3. The largest absolute Gasteiger partial charge is 0.465 e. The summed E-state index contributed by atoms with van der Waals surface area (Å²) in [6.07, 6.45) is 0. The number of benzene rings is 1. The van der Waals surface area contributed by atoms with E-state index in [1.807, 2.05) is 43.4 Å². The number of esters is 2.